The first-order valence-electron chi connectivity index (χ1n) is 16.5. The third kappa shape index (κ3) is 7.88. The molecule has 0 saturated carbocycles. The monoisotopic (exact) mass is 771 g/mol. The smallest absolute Gasteiger partial charge is 0.352 e. The Hall–Kier alpha value is -4.96. The number of aliphatic carboxylic acids is 1. The third-order valence-electron chi connectivity index (χ3n) is 8.71. The van der Waals surface area contributed by atoms with Crippen LogP contribution in [0.4, 0.5) is 5.13 Å². The molecule has 2 aliphatic rings. The van der Waals surface area contributed by atoms with Gasteiger partial charge in [-0.3, -0.25) is 19.3 Å². The largest absolute Gasteiger partial charge is 0.477 e. The van der Waals surface area contributed by atoms with Crippen LogP contribution < -0.4 is 10.6 Å². The molecule has 2 atom stereocenters. The van der Waals surface area contributed by atoms with E-state index in [0.717, 1.165) is 28.5 Å². The number of rotatable bonds is 14. The molecule has 0 radical (unpaired) electrons. The number of carbonyl (C=O) groups is 4. The minimum atomic E-state index is -1.27. The van der Waals surface area contributed by atoms with Gasteiger partial charge in [0.15, 0.2) is 16.0 Å². The van der Waals surface area contributed by atoms with Crippen molar-refractivity contribution < 1.29 is 33.9 Å². The van der Waals surface area contributed by atoms with E-state index >= 15 is 0 Å². The van der Waals surface area contributed by atoms with Crippen LogP contribution in [-0.4, -0.2) is 79.4 Å². The summed E-state index contributed by atoms with van der Waals surface area (Å²) in [5.74, 6) is -3.38. The maximum absolute atomic E-state index is 14.0. The lowest BCUT2D eigenvalue weighted by atomic mass is 9.77. The fourth-order valence-corrected chi connectivity index (χ4v) is 8.81. The van der Waals surface area contributed by atoms with E-state index < -0.39 is 40.5 Å². The number of β-lactam (4-membered cyclic amide) rings is 1. The average Bonchev–Trinajstić information content (AvgIpc) is 3.63. The molecule has 3 aromatic carbocycles. The quantitative estimate of drug-likeness (QED) is 0.0477. The van der Waals surface area contributed by atoms with Gasteiger partial charge in [-0.15, -0.1) is 23.1 Å². The van der Waals surface area contributed by atoms with Gasteiger partial charge in [0, 0.05) is 44.8 Å². The molecule has 1 saturated heterocycles. The van der Waals surface area contributed by atoms with Crippen LogP contribution in [-0.2, 0) is 34.3 Å². The van der Waals surface area contributed by atoms with Crippen molar-refractivity contribution in [2.24, 2.45) is 5.16 Å². The van der Waals surface area contributed by atoms with Gasteiger partial charge in [-0.1, -0.05) is 108 Å². The van der Waals surface area contributed by atoms with Crippen LogP contribution in [0, 0.1) is 0 Å². The second-order valence-corrected chi connectivity index (χ2v) is 15.7. The Kier molecular flexibility index (Phi) is 11.4. The topological polar surface area (TPSA) is 160 Å². The predicted molar refractivity (Wildman–Crippen MR) is 206 cm³/mol. The Morgan fingerprint density at radius 3 is 2.06 bits per heavy atom. The molecule has 3 N–H and O–H groups in total. The molecule has 2 aliphatic heterocycles. The molecule has 1 aromatic heterocycles. The number of thioether (sulfide) groups is 2. The van der Waals surface area contributed by atoms with E-state index in [9.17, 15) is 24.3 Å². The van der Waals surface area contributed by atoms with Gasteiger partial charge < -0.3 is 25.3 Å². The maximum Gasteiger partial charge on any atom is 0.352 e. The third-order valence-corrected chi connectivity index (χ3v) is 11.7. The van der Waals surface area contributed by atoms with Gasteiger partial charge in [0.05, 0.1) is 0 Å². The minimum Gasteiger partial charge on any atom is -0.477 e. The second-order valence-electron chi connectivity index (χ2n) is 12.5. The summed E-state index contributed by atoms with van der Waals surface area (Å²) in [5, 5.41) is 21.9. The number of hydrogen-bond donors (Lipinski definition) is 3. The summed E-state index contributed by atoms with van der Waals surface area (Å²) in [6.07, 6.45) is 0. The van der Waals surface area contributed by atoms with Gasteiger partial charge in [0.25, 0.3) is 11.8 Å². The summed E-state index contributed by atoms with van der Waals surface area (Å²) < 4.78 is 5.36. The molecule has 0 spiro atoms. The fourth-order valence-electron chi connectivity index (χ4n) is 5.97. The highest BCUT2D eigenvalue weighted by molar-refractivity contribution is 8.13. The highest BCUT2D eigenvalue weighted by Gasteiger charge is 2.54. The van der Waals surface area contributed by atoms with Crippen molar-refractivity contribution in [3.05, 3.63) is 130 Å². The number of anilines is 1. The van der Waals surface area contributed by atoms with Gasteiger partial charge in [0.2, 0.25) is 5.79 Å². The number of nitrogens with zero attached hydrogens (tertiary/aromatic N) is 3. The van der Waals surface area contributed by atoms with Crippen molar-refractivity contribution in [2.45, 2.75) is 43.5 Å². The zero-order valence-corrected chi connectivity index (χ0v) is 31.7. The number of nitrogens with one attached hydrogen (secondary N) is 2. The van der Waals surface area contributed by atoms with Crippen LogP contribution in [0.25, 0.3) is 0 Å². The van der Waals surface area contributed by atoms with Crippen LogP contribution in [0.2, 0.25) is 0 Å². The predicted octanol–water partition coefficient (Wildman–Crippen LogP) is 5.67. The number of carbonyl (C=O) groups excluding carboxylic acids is 3. The van der Waals surface area contributed by atoms with Crippen molar-refractivity contribution in [1.82, 2.24) is 15.2 Å². The zero-order valence-electron chi connectivity index (χ0n) is 29.3. The average molecular weight is 772 g/mol. The summed E-state index contributed by atoms with van der Waals surface area (Å²) in [4.78, 5) is 62.9. The SMILES string of the molecule is COC(C)(C)ON=C(C(=O)NC1C(=O)N2C(C(=O)O)=C(CSC(C)=O)CS[C@H]12)c1csc(NC(c2ccccc2)(c2ccccc2)c2ccccc2)n1. The number of carboxylic acid groups (broad SMARTS) is 1. The Morgan fingerprint density at radius 2 is 1.55 bits per heavy atom. The van der Waals surface area contributed by atoms with Crippen molar-refractivity contribution in [2.75, 3.05) is 23.9 Å². The van der Waals surface area contributed by atoms with Crippen molar-refractivity contribution in [3.8, 4) is 0 Å². The van der Waals surface area contributed by atoms with E-state index in [1.54, 1.807) is 19.2 Å². The molecular weight excluding hydrogens is 735 g/mol. The molecule has 0 bridgehead atoms. The van der Waals surface area contributed by atoms with Crippen LogP contribution in [0.15, 0.2) is 113 Å². The first kappa shape index (κ1) is 37.8. The number of thiazole rings is 1. The molecule has 1 unspecified atom stereocenters. The van der Waals surface area contributed by atoms with Gasteiger partial charge in [-0.05, 0) is 22.3 Å². The Morgan fingerprint density at radius 1 is 0.981 bits per heavy atom. The van der Waals surface area contributed by atoms with Crippen LogP contribution in [0.1, 0.15) is 43.2 Å². The molecule has 274 valence electrons. The first-order chi connectivity index (χ1) is 25.4. The molecule has 3 heterocycles. The van der Waals surface area contributed by atoms with Crippen LogP contribution >= 0.6 is 34.9 Å². The van der Waals surface area contributed by atoms with Crippen LogP contribution in [0.3, 0.4) is 0 Å². The second kappa shape index (κ2) is 16.0. The van der Waals surface area contributed by atoms with E-state index in [0.29, 0.717) is 10.7 Å². The molecule has 53 heavy (non-hydrogen) atoms. The number of fused-ring (bicyclic) bond motifs is 1. The summed E-state index contributed by atoms with van der Waals surface area (Å²) in [6.45, 7) is 4.65. The maximum atomic E-state index is 14.0. The summed E-state index contributed by atoms with van der Waals surface area (Å²) in [7, 11) is 1.44. The number of methoxy groups -OCH3 is 1. The van der Waals surface area contributed by atoms with Gasteiger partial charge in [-0.25, -0.2) is 9.78 Å². The molecular formula is C38H37N5O7S3. The van der Waals surface area contributed by atoms with Crippen molar-refractivity contribution >= 4 is 68.6 Å². The summed E-state index contributed by atoms with van der Waals surface area (Å²) >= 11 is 3.56. The molecule has 4 aromatic rings. The van der Waals surface area contributed by atoms with E-state index in [1.807, 2.05) is 91.0 Å². The number of oxime groups is 1. The minimum absolute atomic E-state index is 0.154. The van der Waals surface area contributed by atoms with E-state index in [1.165, 1.54) is 42.0 Å². The van der Waals surface area contributed by atoms with Crippen molar-refractivity contribution in [3.63, 3.8) is 0 Å². The highest BCUT2D eigenvalue weighted by Crippen LogP contribution is 2.42. The van der Waals surface area contributed by atoms with Gasteiger partial charge in [0.1, 0.15) is 28.3 Å². The number of aromatic nitrogens is 1. The number of hydrogen-bond acceptors (Lipinski definition) is 12. The standard InChI is InChI=1S/C38H37N5O7S3/c1-23(44)51-20-24-21-52-34-30(33(46)43(34)31(24)35(47)48)40-32(45)29(42-50-37(2,3)49-4)28-22-53-36(39-28)41-38(25-14-8-5-9-15-25,26-16-10-6-11-17-26)27-18-12-7-13-19-27/h5-19,22,30,34H,20-21H2,1-4H3,(H,39,41)(H,40,45)(H,47,48)/t30?,34-/m1/s1. The molecule has 12 nitrogen and oxygen atoms in total. The van der Waals surface area contributed by atoms with E-state index in [-0.39, 0.29) is 33.7 Å². The number of carboxylic acids is 1. The lowest BCUT2D eigenvalue weighted by molar-refractivity contribution is -0.197. The fraction of sp³-hybridized carbons (Fsp3) is 0.263. The van der Waals surface area contributed by atoms with Crippen molar-refractivity contribution in [1.29, 1.82) is 0 Å². The normalized spacial score (nSPS) is 17.5. The van der Waals surface area contributed by atoms with E-state index in [2.05, 4.69) is 15.8 Å². The molecule has 15 heteroatoms. The van der Waals surface area contributed by atoms with E-state index in [4.69, 9.17) is 14.6 Å². The Labute approximate surface area is 319 Å². The van der Waals surface area contributed by atoms with Gasteiger partial charge in [-0.2, -0.15) is 0 Å². The molecule has 6 rings (SSSR count). The first-order valence-corrected chi connectivity index (χ1v) is 19.4. The zero-order chi connectivity index (χ0) is 37.8. The molecule has 2 amide bonds. The number of benzene rings is 3. The van der Waals surface area contributed by atoms with Crippen LogP contribution in [0.5, 0.6) is 0 Å². The number of amides is 2. The number of ether oxygens (including phenoxy) is 1. The molecule has 1 fully saturated rings. The molecule has 0 aliphatic carbocycles. The summed E-state index contributed by atoms with van der Waals surface area (Å²) in [6, 6.07) is 28.9. The highest BCUT2D eigenvalue weighted by atomic mass is 32.2. The Balaban J connectivity index is 1.33. The lowest BCUT2D eigenvalue weighted by Crippen LogP contribution is -2.71. The summed E-state index contributed by atoms with van der Waals surface area (Å²) in [5.41, 5.74) is 2.28. The van der Waals surface area contributed by atoms with Gasteiger partial charge >= 0.3 is 5.97 Å². The Bertz CT molecular complexity index is 1960. The lowest BCUT2D eigenvalue weighted by Gasteiger charge is -2.49.